The molecule has 6 heteroatoms. The third kappa shape index (κ3) is 5.13. The summed E-state index contributed by atoms with van der Waals surface area (Å²) >= 11 is 5.92. The molecule has 0 radical (unpaired) electrons. The van der Waals surface area contributed by atoms with E-state index in [9.17, 15) is 4.79 Å². The van der Waals surface area contributed by atoms with Gasteiger partial charge >= 0.3 is 0 Å². The van der Waals surface area contributed by atoms with Gasteiger partial charge in [-0.25, -0.2) is 0 Å². The Morgan fingerprint density at radius 1 is 1.23 bits per heavy atom. The first-order valence-corrected chi connectivity index (χ1v) is 9.02. The molecule has 26 heavy (non-hydrogen) atoms. The number of carbonyl (C=O) groups excluding carboxylic acids is 1. The Hall–Kier alpha value is -2.24. The van der Waals surface area contributed by atoms with Crippen LogP contribution in [0.25, 0.3) is 0 Å². The third-order valence-corrected chi connectivity index (χ3v) is 4.34. The number of rotatable bonds is 7. The minimum Gasteiger partial charge on any atom is -0.489 e. The third-order valence-electron chi connectivity index (χ3n) is 4.11. The van der Waals surface area contributed by atoms with Crippen LogP contribution in [-0.4, -0.2) is 31.8 Å². The molecule has 138 valence electrons. The van der Waals surface area contributed by atoms with Crippen LogP contribution in [0.2, 0.25) is 5.02 Å². The summed E-state index contributed by atoms with van der Waals surface area (Å²) in [6.45, 7) is 3.05. The summed E-state index contributed by atoms with van der Waals surface area (Å²) in [5.41, 5.74) is 1.50. The van der Waals surface area contributed by atoms with Crippen molar-refractivity contribution in [2.45, 2.75) is 25.9 Å². The summed E-state index contributed by atoms with van der Waals surface area (Å²) < 4.78 is 17.0. The van der Waals surface area contributed by atoms with Crippen molar-refractivity contribution in [2.24, 2.45) is 0 Å². The Kier molecular flexibility index (Phi) is 6.36. The molecule has 1 aliphatic heterocycles. The van der Waals surface area contributed by atoms with E-state index in [4.69, 9.17) is 25.8 Å². The fourth-order valence-corrected chi connectivity index (χ4v) is 2.99. The highest BCUT2D eigenvalue weighted by Gasteiger charge is 2.17. The normalized spacial score (nSPS) is 16.3. The highest BCUT2D eigenvalue weighted by molar-refractivity contribution is 6.30. The van der Waals surface area contributed by atoms with Crippen LogP contribution in [0.15, 0.2) is 42.5 Å². The molecule has 1 saturated heterocycles. The first-order chi connectivity index (χ1) is 12.6. The van der Waals surface area contributed by atoms with Gasteiger partial charge in [0.15, 0.2) is 6.61 Å². The van der Waals surface area contributed by atoms with Crippen LogP contribution < -0.4 is 14.8 Å². The van der Waals surface area contributed by atoms with E-state index in [1.54, 1.807) is 24.3 Å². The molecule has 0 spiro atoms. The van der Waals surface area contributed by atoms with Gasteiger partial charge in [-0.05, 0) is 55.7 Å². The Balaban J connectivity index is 1.55. The molecular weight excluding hydrogens is 354 g/mol. The van der Waals surface area contributed by atoms with Gasteiger partial charge in [-0.3, -0.25) is 4.79 Å². The van der Waals surface area contributed by atoms with Crippen molar-refractivity contribution in [2.75, 3.05) is 25.1 Å². The van der Waals surface area contributed by atoms with Crippen LogP contribution in [0.1, 0.15) is 18.4 Å². The van der Waals surface area contributed by atoms with E-state index in [-0.39, 0.29) is 18.6 Å². The number of ether oxygens (including phenoxy) is 3. The zero-order valence-electron chi connectivity index (χ0n) is 14.7. The number of nitrogens with one attached hydrogen (secondary N) is 1. The first kappa shape index (κ1) is 18.5. The molecule has 2 aromatic carbocycles. The Morgan fingerprint density at radius 2 is 2.08 bits per heavy atom. The van der Waals surface area contributed by atoms with Crippen molar-refractivity contribution >= 4 is 23.2 Å². The number of para-hydroxylation sites is 2. The molecule has 1 heterocycles. The number of amides is 1. The van der Waals surface area contributed by atoms with Crippen molar-refractivity contribution in [1.29, 1.82) is 0 Å². The van der Waals surface area contributed by atoms with Crippen LogP contribution in [0.4, 0.5) is 5.69 Å². The molecule has 0 unspecified atom stereocenters. The maximum atomic E-state index is 12.2. The maximum absolute atomic E-state index is 12.2. The Morgan fingerprint density at radius 3 is 2.85 bits per heavy atom. The number of hydrogen-bond donors (Lipinski definition) is 1. The summed E-state index contributed by atoms with van der Waals surface area (Å²) in [7, 11) is 0. The van der Waals surface area contributed by atoms with Crippen LogP contribution >= 0.6 is 11.6 Å². The van der Waals surface area contributed by atoms with Crippen LogP contribution in [0, 0.1) is 6.92 Å². The van der Waals surface area contributed by atoms with E-state index < -0.39 is 0 Å². The number of carbonyl (C=O) groups is 1. The molecule has 1 amide bonds. The Labute approximate surface area is 158 Å². The predicted molar refractivity (Wildman–Crippen MR) is 101 cm³/mol. The second-order valence-electron chi connectivity index (χ2n) is 6.19. The van der Waals surface area contributed by atoms with E-state index in [0.29, 0.717) is 28.8 Å². The molecule has 0 saturated carbocycles. The molecule has 2 aromatic rings. The predicted octanol–water partition coefficient (Wildman–Crippen LogP) is 4.22. The van der Waals surface area contributed by atoms with Crippen LogP contribution in [0.5, 0.6) is 11.5 Å². The summed E-state index contributed by atoms with van der Waals surface area (Å²) in [5, 5.41) is 3.47. The zero-order valence-corrected chi connectivity index (χ0v) is 15.4. The average molecular weight is 376 g/mol. The van der Waals surface area contributed by atoms with E-state index in [0.717, 1.165) is 25.0 Å². The first-order valence-electron chi connectivity index (χ1n) is 8.64. The van der Waals surface area contributed by atoms with Crippen LogP contribution in [-0.2, 0) is 9.53 Å². The minimum absolute atomic E-state index is 0.0947. The number of anilines is 1. The lowest BCUT2D eigenvalue weighted by Gasteiger charge is -2.15. The molecule has 1 aliphatic rings. The topological polar surface area (TPSA) is 56.8 Å². The quantitative estimate of drug-likeness (QED) is 0.787. The standard InChI is InChI=1S/C20H22ClNO4/c1-14-11-15(21)8-9-18(14)26-13-20(23)22-17-6-2-3-7-19(17)25-12-16-5-4-10-24-16/h2-3,6-9,11,16H,4-5,10,12-13H2,1H3,(H,22,23)/t16-/m0/s1. The largest absolute Gasteiger partial charge is 0.489 e. The van der Waals surface area contributed by atoms with Gasteiger partial charge in [-0.2, -0.15) is 0 Å². The van der Waals surface area contributed by atoms with Crippen molar-refractivity contribution in [3.8, 4) is 11.5 Å². The number of benzene rings is 2. The molecule has 0 bridgehead atoms. The summed E-state index contributed by atoms with van der Waals surface area (Å²) in [6.07, 6.45) is 2.19. The molecule has 3 rings (SSSR count). The smallest absolute Gasteiger partial charge is 0.262 e. The van der Waals surface area contributed by atoms with E-state index in [1.165, 1.54) is 0 Å². The summed E-state index contributed by atoms with van der Waals surface area (Å²) in [5.74, 6) is 0.999. The van der Waals surface area contributed by atoms with Crippen molar-refractivity contribution in [3.05, 3.63) is 53.1 Å². The highest BCUT2D eigenvalue weighted by Crippen LogP contribution is 2.25. The molecule has 5 nitrogen and oxygen atoms in total. The van der Waals surface area contributed by atoms with Gasteiger partial charge in [0.05, 0.1) is 11.8 Å². The summed E-state index contributed by atoms with van der Waals surface area (Å²) in [4.78, 5) is 12.2. The van der Waals surface area contributed by atoms with E-state index >= 15 is 0 Å². The molecule has 1 fully saturated rings. The average Bonchev–Trinajstić information content (AvgIpc) is 3.14. The number of aryl methyl sites for hydroxylation is 1. The lowest BCUT2D eigenvalue weighted by Crippen LogP contribution is -2.21. The van der Waals surface area contributed by atoms with Gasteiger partial charge in [0.25, 0.3) is 5.91 Å². The summed E-state index contributed by atoms with van der Waals surface area (Å²) in [6, 6.07) is 12.6. The molecule has 0 aromatic heterocycles. The SMILES string of the molecule is Cc1cc(Cl)ccc1OCC(=O)Nc1ccccc1OC[C@@H]1CCCO1. The van der Waals surface area contributed by atoms with Crippen molar-refractivity contribution in [3.63, 3.8) is 0 Å². The lowest BCUT2D eigenvalue weighted by molar-refractivity contribution is -0.118. The van der Waals surface area contributed by atoms with Gasteiger partial charge in [-0.1, -0.05) is 23.7 Å². The second kappa shape index (κ2) is 8.92. The molecule has 1 N–H and O–H groups in total. The van der Waals surface area contributed by atoms with Crippen molar-refractivity contribution < 1.29 is 19.0 Å². The van der Waals surface area contributed by atoms with Gasteiger partial charge in [-0.15, -0.1) is 0 Å². The van der Waals surface area contributed by atoms with E-state index in [1.807, 2.05) is 25.1 Å². The van der Waals surface area contributed by atoms with Crippen molar-refractivity contribution in [1.82, 2.24) is 0 Å². The molecule has 1 atom stereocenters. The van der Waals surface area contributed by atoms with Gasteiger partial charge < -0.3 is 19.5 Å². The Bertz CT molecular complexity index is 759. The van der Waals surface area contributed by atoms with E-state index in [2.05, 4.69) is 5.32 Å². The molecule has 0 aliphatic carbocycles. The van der Waals surface area contributed by atoms with Gasteiger partial charge in [0.2, 0.25) is 0 Å². The van der Waals surface area contributed by atoms with Gasteiger partial charge in [0.1, 0.15) is 18.1 Å². The lowest BCUT2D eigenvalue weighted by atomic mass is 10.2. The van der Waals surface area contributed by atoms with Crippen LogP contribution in [0.3, 0.4) is 0 Å². The second-order valence-corrected chi connectivity index (χ2v) is 6.63. The maximum Gasteiger partial charge on any atom is 0.262 e. The highest BCUT2D eigenvalue weighted by atomic mass is 35.5. The zero-order chi connectivity index (χ0) is 18.4. The number of hydrogen-bond acceptors (Lipinski definition) is 4. The molecular formula is C20H22ClNO4. The minimum atomic E-state index is -0.257. The monoisotopic (exact) mass is 375 g/mol. The van der Waals surface area contributed by atoms with Gasteiger partial charge in [0, 0.05) is 11.6 Å². The fraction of sp³-hybridized carbons (Fsp3) is 0.350. The fourth-order valence-electron chi connectivity index (χ4n) is 2.76. The number of halogens is 1.